The average Bonchev–Trinajstić information content (AvgIpc) is 2.66. The zero-order valence-electron chi connectivity index (χ0n) is 16.6. The second kappa shape index (κ2) is 9.51. The lowest BCUT2D eigenvalue weighted by Gasteiger charge is -2.37. The first kappa shape index (κ1) is 20.1. The Hall–Kier alpha value is -1.66. The monoisotopic (exact) mass is 389 g/mol. The fraction of sp³-hybridized carbons (Fsp3) is 0.619. The van der Waals surface area contributed by atoms with Crippen LogP contribution in [0.3, 0.4) is 0 Å². The standard InChI is InChI=1S/C21H32N4OS/c1-17-12-18(2)15-25(14-17)20(26)16-23-8-10-24(11-9-23)21(27)22-13-19-6-4-3-5-7-19/h3-7,17-18H,8-16H2,1-2H3,(H,22,27)/p+1/t17-,18+. The van der Waals surface area contributed by atoms with E-state index >= 15 is 0 Å². The number of nitrogens with zero attached hydrogens (tertiary/aromatic N) is 2. The Kier molecular flexibility index (Phi) is 7.07. The van der Waals surface area contributed by atoms with Gasteiger partial charge in [-0.05, 0) is 36.0 Å². The van der Waals surface area contributed by atoms with Gasteiger partial charge in [0.25, 0.3) is 5.91 Å². The number of carbonyl (C=O) groups excluding carboxylic acids is 1. The lowest BCUT2D eigenvalue weighted by molar-refractivity contribution is -0.896. The summed E-state index contributed by atoms with van der Waals surface area (Å²) in [4.78, 5) is 18.4. The third kappa shape index (κ3) is 5.91. The Morgan fingerprint density at radius 3 is 2.37 bits per heavy atom. The number of nitrogens with one attached hydrogen (secondary N) is 2. The highest BCUT2D eigenvalue weighted by Crippen LogP contribution is 2.20. The summed E-state index contributed by atoms with van der Waals surface area (Å²) in [6, 6.07) is 10.3. The first-order valence-electron chi connectivity index (χ1n) is 10.2. The van der Waals surface area contributed by atoms with Gasteiger partial charge in [0.15, 0.2) is 11.7 Å². The molecule has 0 spiro atoms. The van der Waals surface area contributed by atoms with E-state index in [-0.39, 0.29) is 0 Å². The highest BCUT2D eigenvalue weighted by Gasteiger charge is 2.29. The maximum atomic E-state index is 12.7. The van der Waals surface area contributed by atoms with Crippen LogP contribution in [0.25, 0.3) is 0 Å². The van der Waals surface area contributed by atoms with Crippen LogP contribution in [0.2, 0.25) is 0 Å². The molecule has 1 amide bonds. The van der Waals surface area contributed by atoms with Gasteiger partial charge in [0.05, 0.1) is 26.2 Å². The molecule has 0 aliphatic carbocycles. The highest BCUT2D eigenvalue weighted by atomic mass is 32.1. The van der Waals surface area contributed by atoms with Gasteiger partial charge in [0.1, 0.15) is 0 Å². The molecule has 27 heavy (non-hydrogen) atoms. The second-order valence-electron chi connectivity index (χ2n) is 8.30. The van der Waals surface area contributed by atoms with Crippen molar-refractivity contribution in [2.24, 2.45) is 11.8 Å². The molecule has 0 radical (unpaired) electrons. The molecule has 3 rings (SSSR count). The Morgan fingerprint density at radius 1 is 1.11 bits per heavy atom. The Balaban J connectivity index is 1.39. The fourth-order valence-corrected chi connectivity index (χ4v) is 4.54. The summed E-state index contributed by atoms with van der Waals surface area (Å²) in [5.74, 6) is 1.57. The van der Waals surface area contributed by atoms with Crippen LogP contribution in [0.1, 0.15) is 25.8 Å². The molecule has 2 atom stereocenters. The third-order valence-corrected chi connectivity index (χ3v) is 6.07. The molecule has 148 valence electrons. The van der Waals surface area contributed by atoms with Crippen LogP contribution in [0.5, 0.6) is 0 Å². The molecule has 0 saturated carbocycles. The van der Waals surface area contributed by atoms with Crippen molar-refractivity contribution in [3.05, 3.63) is 35.9 Å². The third-order valence-electron chi connectivity index (χ3n) is 5.67. The van der Waals surface area contributed by atoms with Gasteiger partial charge >= 0.3 is 0 Å². The van der Waals surface area contributed by atoms with Crippen LogP contribution in [-0.2, 0) is 11.3 Å². The number of thiocarbonyl (C=S) groups is 1. The molecule has 2 fully saturated rings. The molecule has 6 heteroatoms. The molecule has 2 heterocycles. The van der Waals surface area contributed by atoms with Crippen LogP contribution >= 0.6 is 12.2 Å². The van der Waals surface area contributed by atoms with Crippen molar-refractivity contribution < 1.29 is 9.69 Å². The molecular formula is C21H33N4OS+. The molecule has 2 N–H and O–H groups in total. The van der Waals surface area contributed by atoms with Crippen molar-refractivity contribution in [2.45, 2.75) is 26.8 Å². The predicted octanol–water partition coefficient (Wildman–Crippen LogP) is 0.766. The molecule has 2 saturated heterocycles. The molecule has 1 aromatic carbocycles. The van der Waals surface area contributed by atoms with Crippen LogP contribution in [0, 0.1) is 11.8 Å². The van der Waals surface area contributed by atoms with Crippen molar-refractivity contribution in [2.75, 3.05) is 45.8 Å². The molecule has 0 aromatic heterocycles. The van der Waals surface area contributed by atoms with Gasteiger partial charge in [-0.15, -0.1) is 0 Å². The van der Waals surface area contributed by atoms with Crippen molar-refractivity contribution in [1.29, 1.82) is 0 Å². The predicted molar refractivity (Wildman–Crippen MR) is 113 cm³/mol. The highest BCUT2D eigenvalue weighted by molar-refractivity contribution is 7.80. The van der Waals surface area contributed by atoms with E-state index in [1.165, 1.54) is 16.9 Å². The normalized spacial score (nSPS) is 23.9. The van der Waals surface area contributed by atoms with Crippen molar-refractivity contribution in [1.82, 2.24) is 15.1 Å². The summed E-state index contributed by atoms with van der Waals surface area (Å²) in [5, 5.41) is 4.18. The molecule has 2 aliphatic heterocycles. The number of amides is 1. The number of rotatable bonds is 4. The summed E-state index contributed by atoms with van der Waals surface area (Å²) in [6.45, 7) is 11.5. The number of quaternary nitrogens is 1. The van der Waals surface area contributed by atoms with E-state index in [0.717, 1.165) is 50.9 Å². The van der Waals surface area contributed by atoms with Gasteiger partial charge in [-0.3, -0.25) is 4.79 Å². The Bertz CT molecular complexity index is 620. The molecule has 2 aliphatic rings. The van der Waals surface area contributed by atoms with Crippen molar-refractivity contribution in [3.8, 4) is 0 Å². The minimum Gasteiger partial charge on any atom is -0.358 e. The van der Waals surface area contributed by atoms with Gasteiger partial charge in [-0.25, -0.2) is 0 Å². The van der Waals surface area contributed by atoms with E-state index < -0.39 is 0 Å². The van der Waals surface area contributed by atoms with Gasteiger partial charge in [0, 0.05) is 19.6 Å². The SMILES string of the molecule is C[C@@H]1C[C@H](C)CN(C(=O)C[NH+]2CCN(C(=S)NCc3ccccc3)CC2)C1. The maximum Gasteiger partial charge on any atom is 0.277 e. The number of hydrogen-bond donors (Lipinski definition) is 2. The van der Waals surface area contributed by atoms with E-state index in [0.29, 0.717) is 24.3 Å². The van der Waals surface area contributed by atoms with Gasteiger partial charge in [-0.2, -0.15) is 0 Å². The second-order valence-corrected chi connectivity index (χ2v) is 8.69. The number of piperidine rings is 1. The van der Waals surface area contributed by atoms with E-state index in [9.17, 15) is 4.79 Å². The lowest BCUT2D eigenvalue weighted by atomic mass is 9.92. The Labute approximate surface area is 168 Å². The van der Waals surface area contributed by atoms with E-state index in [1.807, 2.05) is 18.2 Å². The lowest BCUT2D eigenvalue weighted by Crippen LogP contribution is -3.16. The van der Waals surface area contributed by atoms with Crippen LogP contribution in [-0.4, -0.2) is 66.6 Å². The van der Waals surface area contributed by atoms with E-state index in [1.54, 1.807) is 0 Å². The molecule has 1 aromatic rings. The van der Waals surface area contributed by atoms with Crippen LogP contribution in [0.4, 0.5) is 0 Å². The maximum absolute atomic E-state index is 12.7. The average molecular weight is 390 g/mol. The largest absolute Gasteiger partial charge is 0.358 e. The number of piperazine rings is 1. The summed E-state index contributed by atoms with van der Waals surface area (Å²) in [6.07, 6.45) is 1.24. The zero-order valence-corrected chi connectivity index (χ0v) is 17.4. The van der Waals surface area contributed by atoms with E-state index in [2.05, 4.69) is 41.1 Å². The van der Waals surface area contributed by atoms with Gasteiger partial charge in [0.2, 0.25) is 0 Å². The number of hydrogen-bond acceptors (Lipinski definition) is 2. The topological polar surface area (TPSA) is 40.0 Å². The number of carbonyl (C=O) groups is 1. The summed E-state index contributed by atoms with van der Waals surface area (Å²) in [5.41, 5.74) is 1.24. The fourth-order valence-electron chi connectivity index (χ4n) is 4.28. The first-order valence-corrected chi connectivity index (χ1v) is 10.6. The van der Waals surface area contributed by atoms with Crippen molar-refractivity contribution >= 4 is 23.2 Å². The van der Waals surface area contributed by atoms with E-state index in [4.69, 9.17) is 12.2 Å². The molecule has 5 nitrogen and oxygen atoms in total. The number of likely N-dealkylation sites (tertiary alicyclic amines) is 1. The smallest absolute Gasteiger partial charge is 0.277 e. The molecule has 0 bridgehead atoms. The van der Waals surface area contributed by atoms with Crippen LogP contribution in [0.15, 0.2) is 30.3 Å². The minimum atomic E-state index is 0.321. The molecule has 0 unspecified atom stereocenters. The Morgan fingerprint density at radius 2 is 1.74 bits per heavy atom. The summed E-state index contributed by atoms with van der Waals surface area (Å²) in [7, 11) is 0. The van der Waals surface area contributed by atoms with Gasteiger partial charge < -0.3 is 20.0 Å². The van der Waals surface area contributed by atoms with Gasteiger partial charge in [-0.1, -0.05) is 44.2 Å². The van der Waals surface area contributed by atoms with Crippen molar-refractivity contribution in [3.63, 3.8) is 0 Å². The quantitative estimate of drug-likeness (QED) is 0.747. The summed E-state index contributed by atoms with van der Waals surface area (Å²) < 4.78 is 0. The minimum absolute atomic E-state index is 0.321. The molecular weight excluding hydrogens is 356 g/mol. The van der Waals surface area contributed by atoms with Crippen LogP contribution < -0.4 is 10.2 Å². The first-order chi connectivity index (χ1) is 13.0. The number of benzene rings is 1. The summed E-state index contributed by atoms with van der Waals surface area (Å²) >= 11 is 5.56. The zero-order chi connectivity index (χ0) is 19.2.